The minimum absolute atomic E-state index is 0. The molecule has 1 saturated heterocycles. The van der Waals surface area contributed by atoms with Crippen molar-refractivity contribution in [2.45, 2.75) is 12.8 Å². The van der Waals surface area contributed by atoms with Crippen LogP contribution < -0.4 is 29.6 Å². The van der Waals surface area contributed by atoms with E-state index in [9.17, 15) is 4.79 Å². The van der Waals surface area contributed by atoms with Gasteiger partial charge in [0.2, 0.25) is 5.91 Å². The van der Waals surface area contributed by atoms with Crippen molar-refractivity contribution in [1.82, 2.24) is 4.90 Å². The Morgan fingerprint density at radius 3 is 2.50 bits per heavy atom. The largest absolute Gasteiger partial charge is 1.00 e. The summed E-state index contributed by atoms with van der Waals surface area (Å²) in [5.74, 6) is 0.292. The molecule has 0 aromatic carbocycles. The summed E-state index contributed by atoms with van der Waals surface area (Å²) in [5.41, 5.74) is 0. The van der Waals surface area contributed by atoms with Crippen molar-refractivity contribution in [1.29, 1.82) is 0 Å². The normalized spacial score (nSPS) is 18.6. The fourth-order valence-electron chi connectivity index (χ4n) is 0.783. The van der Waals surface area contributed by atoms with Gasteiger partial charge >= 0.3 is 29.6 Å². The zero-order valence-electron chi connectivity index (χ0n) is 6.48. The van der Waals surface area contributed by atoms with Gasteiger partial charge in [0, 0.05) is 20.0 Å². The molecule has 0 radical (unpaired) electrons. The molecule has 1 heterocycles. The van der Waals surface area contributed by atoms with E-state index in [4.69, 9.17) is 0 Å². The van der Waals surface area contributed by atoms with Gasteiger partial charge < -0.3 is 6.33 Å². The number of carbonyl (C=O) groups excluding carboxylic acids is 1. The van der Waals surface area contributed by atoms with E-state index in [-0.39, 0.29) is 31.0 Å². The first kappa shape index (κ1) is 8.47. The van der Waals surface area contributed by atoms with E-state index >= 15 is 0 Å². The summed E-state index contributed by atoms with van der Waals surface area (Å²) in [6.07, 6.45) is 1.81. The van der Waals surface area contributed by atoms with Crippen LogP contribution in [0.15, 0.2) is 0 Å². The van der Waals surface area contributed by atoms with Crippen LogP contribution in [0.1, 0.15) is 14.3 Å². The molecule has 0 unspecified atom stereocenters. The second-order valence-corrected chi connectivity index (χ2v) is 1.92. The molecule has 3 heteroatoms. The smallest absolute Gasteiger partial charge is 1.00 e. The van der Waals surface area contributed by atoms with Crippen molar-refractivity contribution in [3.05, 3.63) is 0 Å². The molecule has 0 aromatic heterocycles. The minimum Gasteiger partial charge on any atom is -1.00 e. The third-order valence-electron chi connectivity index (χ3n) is 1.31. The maximum absolute atomic E-state index is 10.5. The Labute approximate surface area is 73.0 Å². The van der Waals surface area contributed by atoms with E-state index in [1.807, 2.05) is 7.05 Å². The summed E-state index contributed by atoms with van der Waals surface area (Å²) >= 11 is 0. The first-order valence-electron chi connectivity index (χ1n) is 2.54. The van der Waals surface area contributed by atoms with E-state index in [1.165, 1.54) is 0 Å². The molecule has 2 nitrogen and oxygen atoms in total. The van der Waals surface area contributed by atoms with Crippen LogP contribution in [0.3, 0.4) is 0 Å². The molecule has 1 amide bonds. The molecule has 0 bridgehead atoms. The van der Waals surface area contributed by atoms with E-state index in [0.29, 0.717) is 5.91 Å². The van der Waals surface area contributed by atoms with Crippen molar-refractivity contribution >= 4 is 5.91 Å². The molecule has 0 aliphatic carbocycles. The molecule has 0 spiro atoms. The van der Waals surface area contributed by atoms with Crippen molar-refractivity contribution in [2.75, 3.05) is 13.6 Å². The second kappa shape index (κ2) is 3.49. The van der Waals surface area contributed by atoms with Gasteiger partial charge in [0.15, 0.2) is 0 Å². The molecule has 42 valence electrons. The molecule has 1 aliphatic rings. The van der Waals surface area contributed by atoms with Crippen LogP contribution in [-0.2, 0) is 4.79 Å². The number of hydrogen-bond donors (Lipinski definition) is 0. The molecule has 1 rings (SSSR count). The predicted molar refractivity (Wildman–Crippen MR) is 28.0 cm³/mol. The predicted octanol–water partition coefficient (Wildman–Crippen LogP) is -2.64. The van der Waals surface area contributed by atoms with Crippen LogP contribution in [-0.4, -0.2) is 24.4 Å². The van der Waals surface area contributed by atoms with E-state index in [0.717, 1.165) is 19.4 Å². The number of amides is 1. The fraction of sp³-hybridized carbons (Fsp3) is 0.800. The molecule has 0 saturated carbocycles. The van der Waals surface area contributed by atoms with E-state index in [2.05, 4.69) is 0 Å². The van der Waals surface area contributed by atoms with Crippen molar-refractivity contribution in [2.24, 2.45) is 0 Å². The molecule has 1 aliphatic heterocycles. The summed E-state index contributed by atoms with van der Waals surface area (Å²) in [7, 11) is 1.84. The Bertz CT molecular complexity index is 99.0. The van der Waals surface area contributed by atoms with Gasteiger partial charge in [-0.25, -0.2) is 0 Å². The summed E-state index contributed by atoms with van der Waals surface area (Å²) in [6, 6.07) is 0. The molecule has 0 atom stereocenters. The SMILES string of the molecule is CN1CCCC1=O.[H-].[Na+]. The standard InChI is InChI=1S/C5H9NO.Na.H/c1-6-4-2-3-5(6)7;;/h2-4H2,1H3;;/q;+1;-1. The van der Waals surface area contributed by atoms with Gasteiger partial charge in [-0.3, -0.25) is 4.79 Å². The molecular formula is C5H10NNaO. The molecule has 0 aromatic rings. The first-order chi connectivity index (χ1) is 3.30. The Balaban J connectivity index is 0. The van der Waals surface area contributed by atoms with E-state index in [1.54, 1.807) is 4.90 Å². The molecule has 8 heavy (non-hydrogen) atoms. The van der Waals surface area contributed by atoms with Gasteiger partial charge in [-0.05, 0) is 6.42 Å². The van der Waals surface area contributed by atoms with Crippen LogP contribution >= 0.6 is 0 Å². The maximum atomic E-state index is 10.5. The van der Waals surface area contributed by atoms with Gasteiger partial charge in [-0.2, -0.15) is 0 Å². The number of rotatable bonds is 0. The number of likely N-dealkylation sites (tertiary alicyclic amines) is 1. The van der Waals surface area contributed by atoms with Crippen LogP contribution in [0.2, 0.25) is 0 Å². The van der Waals surface area contributed by atoms with Crippen LogP contribution in [0, 0.1) is 0 Å². The number of carbonyl (C=O) groups is 1. The Morgan fingerprint density at radius 1 is 1.75 bits per heavy atom. The monoisotopic (exact) mass is 123 g/mol. The van der Waals surface area contributed by atoms with Gasteiger partial charge in [-0.15, -0.1) is 0 Å². The average Bonchev–Trinajstić information content (AvgIpc) is 1.91. The molecule has 1 fully saturated rings. The average molecular weight is 123 g/mol. The maximum Gasteiger partial charge on any atom is 1.00 e. The van der Waals surface area contributed by atoms with Crippen molar-refractivity contribution in [3.63, 3.8) is 0 Å². The third-order valence-corrected chi connectivity index (χ3v) is 1.31. The minimum atomic E-state index is 0. The third kappa shape index (κ3) is 1.77. The van der Waals surface area contributed by atoms with Gasteiger partial charge in [-0.1, -0.05) is 0 Å². The van der Waals surface area contributed by atoms with Gasteiger partial charge in [0.25, 0.3) is 0 Å². The van der Waals surface area contributed by atoms with E-state index < -0.39 is 0 Å². The molecular weight excluding hydrogens is 113 g/mol. The van der Waals surface area contributed by atoms with Crippen LogP contribution in [0.4, 0.5) is 0 Å². The summed E-state index contributed by atoms with van der Waals surface area (Å²) in [6.45, 7) is 0.957. The molecule has 0 N–H and O–H groups in total. The Hall–Kier alpha value is 0.470. The van der Waals surface area contributed by atoms with Gasteiger partial charge in [0.1, 0.15) is 0 Å². The first-order valence-corrected chi connectivity index (χ1v) is 2.54. The topological polar surface area (TPSA) is 20.3 Å². The van der Waals surface area contributed by atoms with Crippen LogP contribution in [0.25, 0.3) is 0 Å². The fourth-order valence-corrected chi connectivity index (χ4v) is 0.783. The zero-order chi connectivity index (χ0) is 5.28. The zero-order valence-corrected chi connectivity index (χ0v) is 7.48. The Kier molecular flexibility index (Phi) is 3.69. The Morgan fingerprint density at radius 2 is 2.38 bits per heavy atom. The number of hydrogen-bond acceptors (Lipinski definition) is 1. The quantitative estimate of drug-likeness (QED) is 0.322. The van der Waals surface area contributed by atoms with Gasteiger partial charge in [0.05, 0.1) is 0 Å². The second-order valence-electron chi connectivity index (χ2n) is 1.92. The van der Waals surface area contributed by atoms with Crippen molar-refractivity contribution in [3.8, 4) is 0 Å². The number of nitrogens with zero attached hydrogens (tertiary/aromatic N) is 1. The summed E-state index contributed by atoms with van der Waals surface area (Å²) in [4.78, 5) is 12.3. The summed E-state index contributed by atoms with van der Waals surface area (Å²) < 4.78 is 0. The van der Waals surface area contributed by atoms with Crippen LogP contribution in [0.5, 0.6) is 0 Å². The van der Waals surface area contributed by atoms with Crippen molar-refractivity contribution < 1.29 is 35.8 Å². The summed E-state index contributed by atoms with van der Waals surface area (Å²) in [5, 5.41) is 0.